The number of nitrogens with one attached hydrogen (secondary N) is 1. The van der Waals surface area contributed by atoms with Crippen molar-refractivity contribution >= 4 is 25.2 Å². The lowest BCUT2D eigenvalue weighted by Gasteiger charge is -2.27. The van der Waals surface area contributed by atoms with Crippen molar-refractivity contribution in [3.63, 3.8) is 0 Å². The smallest absolute Gasteiger partial charge is 0.307 e. The third-order valence-corrected chi connectivity index (χ3v) is 7.68. The van der Waals surface area contributed by atoms with Crippen molar-refractivity contribution in [1.29, 1.82) is 0 Å². The number of benzene rings is 1. The van der Waals surface area contributed by atoms with Gasteiger partial charge in [0.05, 0.1) is 5.92 Å². The van der Waals surface area contributed by atoms with E-state index in [1.807, 2.05) is 30.3 Å². The van der Waals surface area contributed by atoms with Crippen LogP contribution in [0.4, 0.5) is 0 Å². The number of carboxylic acid groups (broad SMARTS) is 1. The number of amides is 2. The maximum atomic E-state index is 12.8. The molecular weight excluding hydrogens is 395 g/mol. The Morgan fingerprint density at radius 1 is 1.28 bits per heavy atom. The van der Waals surface area contributed by atoms with E-state index in [1.54, 1.807) is 0 Å². The quantitative estimate of drug-likeness (QED) is 0.522. The zero-order valence-corrected chi connectivity index (χ0v) is 17.7. The van der Waals surface area contributed by atoms with E-state index in [2.05, 4.69) is 5.32 Å². The Kier molecular flexibility index (Phi) is 7.99. The van der Waals surface area contributed by atoms with Gasteiger partial charge in [0.2, 0.25) is 19.2 Å². The van der Waals surface area contributed by atoms with Crippen molar-refractivity contribution in [3.05, 3.63) is 35.9 Å². The monoisotopic (exact) mass is 424 g/mol. The van der Waals surface area contributed by atoms with E-state index in [-0.39, 0.29) is 12.3 Å². The average Bonchev–Trinajstić information content (AvgIpc) is 3.16. The number of aliphatic carboxylic acids is 1. The first-order valence-corrected chi connectivity index (χ1v) is 11.7. The normalized spacial score (nSPS) is 20.5. The van der Waals surface area contributed by atoms with Crippen molar-refractivity contribution < 1.29 is 28.9 Å². The Morgan fingerprint density at radius 2 is 1.93 bits per heavy atom. The maximum Gasteiger partial charge on any atom is 0.307 e. The van der Waals surface area contributed by atoms with Crippen LogP contribution >= 0.6 is 7.37 Å². The van der Waals surface area contributed by atoms with Crippen LogP contribution in [0.1, 0.15) is 38.7 Å². The molecule has 1 aromatic carbocycles. The van der Waals surface area contributed by atoms with Crippen LogP contribution in [0.25, 0.3) is 0 Å². The first-order chi connectivity index (χ1) is 13.6. The number of nitrogens with zero attached hydrogens (tertiary/aromatic N) is 1. The molecule has 1 aromatic rings. The molecule has 2 amide bonds. The first kappa shape index (κ1) is 23.1. The predicted molar refractivity (Wildman–Crippen MR) is 109 cm³/mol. The molecule has 1 aliphatic rings. The van der Waals surface area contributed by atoms with Gasteiger partial charge in [0.15, 0.2) is 0 Å². The fourth-order valence-corrected chi connectivity index (χ4v) is 5.19. The summed E-state index contributed by atoms with van der Waals surface area (Å²) in [7, 11) is -3.97. The van der Waals surface area contributed by atoms with E-state index in [0.717, 1.165) is 5.56 Å². The summed E-state index contributed by atoms with van der Waals surface area (Å²) in [4.78, 5) is 47.6. The molecule has 2 rings (SSSR count). The van der Waals surface area contributed by atoms with Crippen molar-refractivity contribution in [2.45, 2.75) is 51.4 Å². The molecule has 9 heteroatoms. The van der Waals surface area contributed by atoms with Crippen LogP contribution in [-0.2, 0) is 25.4 Å². The van der Waals surface area contributed by atoms with Crippen LogP contribution in [0.3, 0.4) is 0 Å². The Morgan fingerprint density at radius 3 is 2.52 bits per heavy atom. The summed E-state index contributed by atoms with van der Waals surface area (Å²) < 4.78 is 12.8. The maximum absolute atomic E-state index is 12.8. The van der Waals surface area contributed by atoms with Crippen molar-refractivity contribution in [1.82, 2.24) is 10.2 Å². The molecule has 8 nitrogen and oxygen atoms in total. The fraction of sp³-hybridized carbons (Fsp3) is 0.550. The lowest BCUT2D eigenvalue weighted by Crippen LogP contribution is -2.47. The number of carbonyl (C=O) groups excluding carboxylic acids is 2. The minimum absolute atomic E-state index is 0.214. The van der Waals surface area contributed by atoms with Gasteiger partial charge in [0.25, 0.3) is 0 Å². The van der Waals surface area contributed by atoms with Crippen LogP contribution in [0.2, 0.25) is 0 Å². The summed E-state index contributed by atoms with van der Waals surface area (Å²) in [5, 5.41) is 12.0. The number of hydrogen-bond donors (Lipinski definition) is 3. The van der Waals surface area contributed by atoms with E-state index < -0.39 is 43.1 Å². The van der Waals surface area contributed by atoms with Crippen LogP contribution in [0, 0.1) is 5.92 Å². The summed E-state index contributed by atoms with van der Waals surface area (Å²) >= 11 is 0. The molecule has 0 bridgehead atoms. The Balaban J connectivity index is 1.97. The van der Waals surface area contributed by atoms with Crippen LogP contribution < -0.4 is 5.32 Å². The van der Waals surface area contributed by atoms with Crippen molar-refractivity contribution in [3.8, 4) is 0 Å². The zero-order valence-electron chi connectivity index (χ0n) is 16.8. The van der Waals surface area contributed by atoms with E-state index in [1.165, 1.54) is 18.7 Å². The molecular formula is C20H29N2O6P. The zero-order chi connectivity index (χ0) is 21.6. The molecule has 0 aliphatic carbocycles. The molecule has 4 atom stereocenters. The standard InChI is InChI=1S/C20H29N2O6P/c1-14(21-19(24)18-9-6-12-22(18)15(2)23)29(27,28)13-17(20(25)26)11-10-16-7-4-3-5-8-16/h3-5,7-8,14,17-18H,6,9-13H2,1-2H3,(H,21,24)(H,25,26)(H,27,28)/t14-,17-,18+/m1/s1. The van der Waals surface area contributed by atoms with Crippen LogP contribution in [-0.4, -0.2) is 57.2 Å². The second kappa shape index (κ2) is 10.0. The van der Waals surface area contributed by atoms with Gasteiger partial charge in [0, 0.05) is 19.6 Å². The van der Waals surface area contributed by atoms with Gasteiger partial charge in [-0.25, -0.2) is 0 Å². The molecule has 1 heterocycles. The molecule has 0 spiro atoms. The number of hydrogen-bond acceptors (Lipinski definition) is 4. The third kappa shape index (κ3) is 6.41. The van der Waals surface area contributed by atoms with Crippen LogP contribution in [0.5, 0.6) is 0 Å². The summed E-state index contributed by atoms with van der Waals surface area (Å²) in [6.07, 6.45) is 1.49. The summed E-state index contributed by atoms with van der Waals surface area (Å²) in [5.41, 5.74) is 0.957. The summed E-state index contributed by atoms with van der Waals surface area (Å²) in [6, 6.07) is 8.68. The molecule has 0 aromatic heterocycles. The van der Waals surface area contributed by atoms with E-state index in [4.69, 9.17) is 0 Å². The molecule has 1 aliphatic heterocycles. The minimum Gasteiger partial charge on any atom is -0.481 e. The van der Waals surface area contributed by atoms with Gasteiger partial charge in [0.1, 0.15) is 11.8 Å². The molecule has 1 saturated heterocycles. The second-order valence-corrected chi connectivity index (χ2v) is 10.2. The third-order valence-electron chi connectivity index (χ3n) is 5.37. The van der Waals surface area contributed by atoms with E-state index in [0.29, 0.717) is 25.8 Å². The highest BCUT2D eigenvalue weighted by atomic mass is 31.2. The van der Waals surface area contributed by atoms with E-state index >= 15 is 0 Å². The van der Waals surface area contributed by atoms with Gasteiger partial charge in [-0.05, 0) is 38.2 Å². The number of carboxylic acids is 1. The molecule has 160 valence electrons. The van der Waals surface area contributed by atoms with Gasteiger partial charge in [-0.1, -0.05) is 30.3 Å². The van der Waals surface area contributed by atoms with E-state index in [9.17, 15) is 28.9 Å². The number of likely N-dealkylation sites (tertiary alicyclic amines) is 1. The lowest BCUT2D eigenvalue weighted by atomic mass is 10.0. The van der Waals surface area contributed by atoms with Crippen molar-refractivity contribution in [2.75, 3.05) is 12.7 Å². The molecule has 0 radical (unpaired) electrons. The van der Waals surface area contributed by atoms with Gasteiger partial charge in [-0.2, -0.15) is 0 Å². The number of aryl methyl sites for hydroxylation is 1. The lowest BCUT2D eigenvalue weighted by molar-refractivity contribution is -0.141. The van der Waals surface area contributed by atoms with Gasteiger partial charge >= 0.3 is 5.97 Å². The van der Waals surface area contributed by atoms with Crippen LogP contribution in [0.15, 0.2) is 30.3 Å². The molecule has 3 N–H and O–H groups in total. The highest BCUT2D eigenvalue weighted by Gasteiger charge is 2.38. The number of rotatable bonds is 9. The van der Waals surface area contributed by atoms with Gasteiger partial charge < -0.3 is 20.2 Å². The highest BCUT2D eigenvalue weighted by molar-refractivity contribution is 7.58. The fourth-order valence-electron chi connectivity index (χ4n) is 3.57. The SMILES string of the molecule is CC(=O)N1CCC[C@H]1C(=O)N[C@@H](C)P(=O)(O)C[C@@H](CCc1ccccc1)C(=O)O. The Hall–Kier alpha value is -2.18. The summed E-state index contributed by atoms with van der Waals surface area (Å²) in [5.74, 6) is -3.91. The van der Waals surface area contributed by atoms with Gasteiger partial charge in [-0.15, -0.1) is 0 Å². The first-order valence-electron chi connectivity index (χ1n) is 9.77. The Labute approximate surface area is 170 Å². The minimum atomic E-state index is -3.97. The average molecular weight is 424 g/mol. The molecule has 1 unspecified atom stereocenters. The molecule has 29 heavy (non-hydrogen) atoms. The summed E-state index contributed by atoms with van der Waals surface area (Å²) in [6.45, 7) is 3.27. The van der Waals surface area contributed by atoms with Crippen molar-refractivity contribution in [2.24, 2.45) is 5.92 Å². The molecule has 0 saturated carbocycles. The second-order valence-electron chi connectivity index (χ2n) is 7.55. The predicted octanol–water partition coefficient (Wildman–Crippen LogP) is 2.06. The number of carbonyl (C=O) groups is 3. The highest BCUT2D eigenvalue weighted by Crippen LogP contribution is 2.47. The Bertz CT molecular complexity index is 784. The van der Waals surface area contributed by atoms with Gasteiger partial charge in [-0.3, -0.25) is 18.9 Å². The molecule has 1 fully saturated rings. The largest absolute Gasteiger partial charge is 0.481 e. The topological polar surface area (TPSA) is 124 Å².